The molecule has 1 heterocycles. The first-order valence-electron chi connectivity index (χ1n) is 8.22. The molecule has 3 aromatic rings. The van der Waals surface area contributed by atoms with Crippen LogP contribution in [0.5, 0.6) is 5.75 Å². The molecule has 0 amide bonds. The van der Waals surface area contributed by atoms with Crippen LogP contribution < -0.4 is 4.74 Å². The molecule has 0 bridgehead atoms. The highest BCUT2D eigenvalue weighted by atomic mass is 16.5. The molecule has 1 aliphatic rings. The topological polar surface area (TPSA) is 26.3 Å². The number of carbonyl (C=O) groups excluding carboxylic acids is 1. The zero-order valence-electron chi connectivity index (χ0n) is 13.3. The van der Waals surface area contributed by atoms with Crippen LogP contribution in [-0.2, 0) is 6.42 Å². The van der Waals surface area contributed by atoms with Gasteiger partial charge in [0.2, 0.25) is 0 Å². The van der Waals surface area contributed by atoms with Gasteiger partial charge in [-0.25, -0.2) is 0 Å². The highest BCUT2D eigenvalue weighted by molar-refractivity contribution is 5.98. The van der Waals surface area contributed by atoms with Gasteiger partial charge in [-0.1, -0.05) is 78.9 Å². The SMILES string of the molecule is O=C(c1ccccc1)C1Cc2ccccc2OC1c1ccccc1. The fourth-order valence-electron chi connectivity index (χ4n) is 3.34. The molecule has 24 heavy (non-hydrogen) atoms. The predicted octanol–water partition coefficient (Wildman–Crippen LogP) is 4.86. The van der Waals surface area contributed by atoms with Crippen LogP contribution in [-0.4, -0.2) is 5.78 Å². The lowest BCUT2D eigenvalue weighted by molar-refractivity contribution is 0.0686. The summed E-state index contributed by atoms with van der Waals surface area (Å²) in [6.07, 6.45) is 0.442. The number of Topliss-reactive ketones (excluding diaryl/α,β-unsaturated/α-hetero) is 1. The quantitative estimate of drug-likeness (QED) is 0.645. The first kappa shape index (κ1) is 14.7. The highest BCUT2D eigenvalue weighted by Crippen LogP contribution is 2.40. The van der Waals surface area contributed by atoms with Crippen LogP contribution in [0.1, 0.15) is 27.6 Å². The van der Waals surface area contributed by atoms with E-state index in [1.54, 1.807) is 0 Å². The van der Waals surface area contributed by atoms with E-state index in [0.29, 0.717) is 6.42 Å². The third-order valence-electron chi connectivity index (χ3n) is 4.56. The molecule has 0 radical (unpaired) electrons. The van der Waals surface area contributed by atoms with Crippen molar-refractivity contribution in [2.24, 2.45) is 5.92 Å². The molecule has 0 aliphatic carbocycles. The van der Waals surface area contributed by atoms with Gasteiger partial charge in [-0.2, -0.15) is 0 Å². The summed E-state index contributed by atoms with van der Waals surface area (Å²) >= 11 is 0. The van der Waals surface area contributed by atoms with Crippen molar-refractivity contribution in [1.82, 2.24) is 0 Å². The lowest BCUT2D eigenvalue weighted by Gasteiger charge is -2.33. The van der Waals surface area contributed by atoms with E-state index in [0.717, 1.165) is 22.4 Å². The Balaban J connectivity index is 1.75. The van der Waals surface area contributed by atoms with Gasteiger partial charge < -0.3 is 4.74 Å². The van der Waals surface area contributed by atoms with Crippen molar-refractivity contribution >= 4 is 5.78 Å². The van der Waals surface area contributed by atoms with Crippen LogP contribution in [0.4, 0.5) is 0 Å². The fourth-order valence-corrected chi connectivity index (χ4v) is 3.34. The van der Waals surface area contributed by atoms with Gasteiger partial charge in [0.25, 0.3) is 0 Å². The van der Waals surface area contributed by atoms with Gasteiger partial charge in [0, 0.05) is 5.56 Å². The molecule has 0 aromatic heterocycles. The Morgan fingerprint density at radius 2 is 1.42 bits per heavy atom. The van der Waals surface area contributed by atoms with Crippen molar-refractivity contribution in [3.8, 4) is 5.75 Å². The van der Waals surface area contributed by atoms with Crippen molar-refractivity contribution in [1.29, 1.82) is 0 Å². The number of hydrogen-bond acceptors (Lipinski definition) is 2. The summed E-state index contributed by atoms with van der Waals surface area (Å²) in [5, 5.41) is 0. The molecule has 0 saturated carbocycles. The van der Waals surface area contributed by atoms with E-state index in [2.05, 4.69) is 0 Å². The molecule has 2 atom stereocenters. The van der Waals surface area contributed by atoms with Gasteiger partial charge in [-0.15, -0.1) is 0 Å². The van der Waals surface area contributed by atoms with Gasteiger partial charge in [-0.05, 0) is 23.6 Å². The van der Waals surface area contributed by atoms with Crippen molar-refractivity contribution in [2.45, 2.75) is 12.5 Å². The van der Waals surface area contributed by atoms with E-state index in [4.69, 9.17) is 4.74 Å². The Kier molecular flexibility index (Phi) is 3.87. The normalized spacial score (nSPS) is 19.2. The van der Waals surface area contributed by atoms with Gasteiger partial charge in [0.15, 0.2) is 5.78 Å². The highest BCUT2D eigenvalue weighted by Gasteiger charge is 2.36. The second kappa shape index (κ2) is 6.32. The number of fused-ring (bicyclic) bond motifs is 1. The number of benzene rings is 3. The summed E-state index contributed by atoms with van der Waals surface area (Å²) in [6.45, 7) is 0. The number of ketones is 1. The zero-order valence-corrected chi connectivity index (χ0v) is 13.3. The van der Waals surface area contributed by atoms with E-state index in [1.807, 2.05) is 84.9 Å². The number of para-hydroxylation sites is 1. The Hall–Kier alpha value is -2.87. The summed E-state index contributed by atoms with van der Waals surface area (Å²) in [5.74, 6) is 0.798. The van der Waals surface area contributed by atoms with Gasteiger partial charge in [-0.3, -0.25) is 4.79 Å². The maximum Gasteiger partial charge on any atom is 0.170 e. The monoisotopic (exact) mass is 314 g/mol. The number of rotatable bonds is 3. The molecular formula is C22H18O2. The molecule has 0 N–H and O–H groups in total. The second-order valence-corrected chi connectivity index (χ2v) is 6.10. The summed E-state index contributed by atoms with van der Waals surface area (Å²) in [5.41, 5.74) is 2.88. The minimum atomic E-state index is -0.256. The Morgan fingerprint density at radius 1 is 0.792 bits per heavy atom. The zero-order chi connectivity index (χ0) is 16.4. The molecular weight excluding hydrogens is 296 g/mol. The Labute approximate surface area is 141 Å². The summed E-state index contributed by atoms with van der Waals surface area (Å²) in [6, 6.07) is 27.5. The smallest absolute Gasteiger partial charge is 0.170 e. The fraction of sp³-hybridized carbons (Fsp3) is 0.136. The lowest BCUT2D eigenvalue weighted by atomic mass is 9.82. The molecule has 2 unspecified atom stereocenters. The van der Waals surface area contributed by atoms with Crippen LogP contribution in [0.2, 0.25) is 0 Å². The van der Waals surface area contributed by atoms with E-state index < -0.39 is 0 Å². The molecule has 2 nitrogen and oxygen atoms in total. The minimum Gasteiger partial charge on any atom is -0.485 e. The molecule has 0 spiro atoms. The van der Waals surface area contributed by atoms with Crippen molar-refractivity contribution in [2.75, 3.05) is 0 Å². The Bertz CT molecular complexity index is 840. The van der Waals surface area contributed by atoms with E-state index >= 15 is 0 Å². The average molecular weight is 314 g/mol. The van der Waals surface area contributed by atoms with Crippen LogP contribution in [0, 0.1) is 5.92 Å². The van der Waals surface area contributed by atoms with Crippen LogP contribution in [0.25, 0.3) is 0 Å². The summed E-state index contributed by atoms with van der Waals surface area (Å²) in [4.78, 5) is 13.1. The predicted molar refractivity (Wildman–Crippen MR) is 94.2 cm³/mol. The molecule has 118 valence electrons. The summed E-state index contributed by atoms with van der Waals surface area (Å²) in [7, 11) is 0. The molecule has 2 heteroatoms. The molecule has 3 aromatic carbocycles. The second-order valence-electron chi connectivity index (χ2n) is 6.10. The minimum absolute atomic E-state index is 0.138. The summed E-state index contributed by atoms with van der Waals surface area (Å²) < 4.78 is 6.25. The van der Waals surface area contributed by atoms with Gasteiger partial charge >= 0.3 is 0 Å². The molecule has 0 saturated heterocycles. The van der Waals surface area contributed by atoms with Gasteiger partial charge in [0.05, 0.1) is 5.92 Å². The number of carbonyl (C=O) groups is 1. The first-order valence-corrected chi connectivity index (χ1v) is 8.22. The standard InChI is InChI=1S/C22H18O2/c23-21(16-9-3-1-4-10-16)19-15-18-13-7-8-14-20(18)24-22(19)17-11-5-2-6-12-17/h1-14,19,22H,15H2. The molecule has 0 fully saturated rings. The van der Waals surface area contributed by atoms with Crippen LogP contribution in [0.3, 0.4) is 0 Å². The van der Waals surface area contributed by atoms with Crippen LogP contribution in [0.15, 0.2) is 84.9 Å². The Morgan fingerprint density at radius 3 is 2.17 bits per heavy atom. The first-order chi connectivity index (χ1) is 11.8. The van der Waals surface area contributed by atoms with Gasteiger partial charge in [0.1, 0.15) is 11.9 Å². The average Bonchev–Trinajstić information content (AvgIpc) is 2.68. The largest absolute Gasteiger partial charge is 0.485 e. The van der Waals surface area contributed by atoms with Crippen molar-refractivity contribution < 1.29 is 9.53 Å². The van der Waals surface area contributed by atoms with E-state index in [1.165, 1.54) is 0 Å². The third-order valence-corrected chi connectivity index (χ3v) is 4.56. The molecule has 1 aliphatic heterocycles. The third kappa shape index (κ3) is 2.71. The maximum absolute atomic E-state index is 13.1. The number of hydrogen-bond donors (Lipinski definition) is 0. The molecule has 4 rings (SSSR count). The van der Waals surface area contributed by atoms with E-state index in [-0.39, 0.29) is 17.8 Å². The van der Waals surface area contributed by atoms with E-state index in [9.17, 15) is 4.79 Å². The number of ether oxygens (including phenoxy) is 1. The van der Waals surface area contributed by atoms with Crippen molar-refractivity contribution in [3.63, 3.8) is 0 Å². The van der Waals surface area contributed by atoms with Crippen LogP contribution >= 0.6 is 0 Å². The maximum atomic E-state index is 13.1. The van der Waals surface area contributed by atoms with Crippen molar-refractivity contribution in [3.05, 3.63) is 102 Å². The lowest BCUT2D eigenvalue weighted by Crippen LogP contribution is -2.32.